The summed E-state index contributed by atoms with van der Waals surface area (Å²) in [5.74, 6) is -0.611. The minimum Gasteiger partial charge on any atom is -0.489 e. The molecule has 3 rings (SSSR count). The number of hydrogen-bond donors (Lipinski definition) is 1. The Morgan fingerprint density at radius 2 is 1.86 bits per heavy atom. The largest absolute Gasteiger partial charge is 0.489 e. The SMILES string of the molecule is Cc1cccc(COc2ccc(/C=N\NC(=O)[C@@H](C#N)c3ccccc3)cc2)c1. The Balaban J connectivity index is 1.53. The van der Waals surface area contributed by atoms with Gasteiger partial charge in [-0.15, -0.1) is 0 Å². The average Bonchev–Trinajstić information content (AvgIpc) is 2.74. The minimum atomic E-state index is -0.897. The fraction of sp³-hybridized carbons (Fsp3) is 0.125. The van der Waals surface area contributed by atoms with Crippen molar-refractivity contribution >= 4 is 12.1 Å². The number of benzene rings is 3. The number of nitrogens with zero attached hydrogens (tertiary/aromatic N) is 2. The van der Waals surface area contributed by atoms with E-state index in [4.69, 9.17) is 4.74 Å². The van der Waals surface area contributed by atoms with Crippen molar-refractivity contribution in [3.63, 3.8) is 0 Å². The van der Waals surface area contributed by atoms with Gasteiger partial charge in [0.15, 0.2) is 5.92 Å². The highest BCUT2D eigenvalue weighted by Gasteiger charge is 2.19. The summed E-state index contributed by atoms with van der Waals surface area (Å²) in [6.07, 6.45) is 1.53. The first-order chi connectivity index (χ1) is 14.2. The monoisotopic (exact) mass is 383 g/mol. The van der Waals surface area contributed by atoms with Crippen LogP contribution >= 0.6 is 0 Å². The highest BCUT2D eigenvalue weighted by Crippen LogP contribution is 2.15. The highest BCUT2D eigenvalue weighted by atomic mass is 16.5. The molecule has 0 aromatic heterocycles. The van der Waals surface area contributed by atoms with Crippen LogP contribution in [0, 0.1) is 18.3 Å². The molecule has 3 aromatic rings. The van der Waals surface area contributed by atoms with Crippen molar-refractivity contribution in [2.45, 2.75) is 19.4 Å². The summed E-state index contributed by atoms with van der Waals surface area (Å²) in [6.45, 7) is 2.55. The number of hydrazone groups is 1. The molecule has 0 aliphatic carbocycles. The van der Waals surface area contributed by atoms with Crippen molar-refractivity contribution in [3.05, 3.63) is 101 Å². The molecule has 0 bridgehead atoms. The van der Waals surface area contributed by atoms with Gasteiger partial charge in [-0.25, -0.2) is 5.43 Å². The molecule has 0 unspecified atom stereocenters. The molecule has 5 nitrogen and oxygen atoms in total. The number of carbonyl (C=O) groups is 1. The molecule has 0 aliphatic heterocycles. The highest BCUT2D eigenvalue weighted by molar-refractivity contribution is 5.88. The van der Waals surface area contributed by atoms with Crippen LogP contribution in [-0.2, 0) is 11.4 Å². The van der Waals surface area contributed by atoms with Crippen LogP contribution in [0.2, 0.25) is 0 Å². The molecule has 0 spiro atoms. The number of rotatable bonds is 7. The van der Waals surface area contributed by atoms with E-state index < -0.39 is 11.8 Å². The first kappa shape index (κ1) is 19.8. The molecule has 0 aliphatic rings. The number of nitrogens with one attached hydrogen (secondary N) is 1. The number of nitriles is 1. The zero-order valence-corrected chi connectivity index (χ0v) is 16.1. The molecule has 1 amide bonds. The van der Waals surface area contributed by atoms with Crippen molar-refractivity contribution in [1.29, 1.82) is 5.26 Å². The molecular formula is C24H21N3O2. The maximum absolute atomic E-state index is 12.2. The summed E-state index contributed by atoms with van der Waals surface area (Å²) in [7, 11) is 0. The van der Waals surface area contributed by atoms with Gasteiger partial charge in [0, 0.05) is 0 Å². The Bertz CT molecular complexity index is 1020. The topological polar surface area (TPSA) is 74.5 Å². The molecular weight excluding hydrogens is 362 g/mol. The van der Waals surface area contributed by atoms with Crippen molar-refractivity contribution in [1.82, 2.24) is 5.43 Å². The molecule has 0 fully saturated rings. The smallest absolute Gasteiger partial charge is 0.261 e. The third kappa shape index (κ3) is 5.78. The van der Waals surface area contributed by atoms with Crippen LogP contribution in [0.5, 0.6) is 5.75 Å². The maximum Gasteiger partial charge on any atom is 0.261 e. The lowest BCUT2D eigenvalue weighted by Gasteiger charge is -2.08. The Kier molecular flexibility index (Phi) is 6.75. The molecule has 1 atom stereocenters. The minimum absolute atomic E-state index is 0.465. The van der Waals surface area contributed by atoms with Gasteiger partial charge in [-0.2, -0.15) is 10.4 Å². The molecule has 0 heterocycles. The first-order valence-electron chi connectivity index (χ1n) is 9.21. The number of amides is 1. The molecule has 5 heteroatoms. The van der Waals surface area contributed by atoms with E-state index in [1.165, 1.54) is 11.8 Å². The van der Waals surface area contributed by atoms with E-state index in [1.54, 1.807) is 24.3 Å². The van der Waals surface area contributed by atoms with Crippen LogP contribution in [0.3, 0.4) is 0 Å². The van der Waals surface area contributed by atoms with E-state index in [2.05, 4.69) is 29.6 Å². The lowest BCUT2D eigenvalue weighted by atomic mass is 10.0. The fourth-order valence-corrected chi connectivity index (χ4v) is 2.78. The quantitative estimate of drug-likeness (QED) is 0.487. The van der Waals surface area contributed by atoms with Crippen molar-refractivity contribution in [2.75, 3.05) is 0 Å². The van der Waals surface area contributed by atoms with Crippen molar-refractivity contribution in [3.8, 4) is 11.8 Å². The normalized spacial score (nSPS) is 11.6. The van der Waals surface area contributed by atoms with Crippen LogP contribution in [-0.4, -0.2) is 12.1 Å². The summed E-state index contributed by atoms with van der Waals surface area (Å²) in [5.41, 5.74) is 6.18. The Morgan fingerprint density at radius 1 is 1.10 bits per heavy atom. The van der Waals surface area contributed by atoms with Gasteiger partial charge in [-0.1, -0.05) is 60.2 Å². The van der Waals surface area contributed by atoms with Crippen LogP contribution in [0.15, 0.2) is 84.0 Å². The molecule has 0 saturated carbocycles. The van der Waals surface area contributed by atoms with Gasteiger partial charge in [0.05, 0.1) is 12.3 Å². The fourth-order valence-electron chi connectivity index (χ4n) is 2.78. The van der Waals surface area contributed by atoms with E-state index in [9.17, 15) is 10.1 Å². The van der Waals surface area contributed by atoms with E-state index in [0.29, 0.717) is 12.2 Å². The summed E-state index contributed by atoms with van der Waals surface area (Å²) >= 11 is 0. The second-order valence-electron chi connectivity index (χ2n) is 6.55. The third-order valence-corrected chi connectivity index (χ3v) is 4.28. The summed E-state index contributed by atoms with van der Waals surface area (Å²) in [5, 5.41) is 13.2. The molecule has 1 N–H and O–H groups in total. The summed E-state index contributed by atoms with van der Waals surface area (Å²) < 4.78 is 5.79. The lowest BCUT2D eigenvalue weighted by Crippen LogP contribution is -2.24. The van der Waals surface area contributed by atoms with Crippen LogP contribution in [0.25, 0.3) is 0 Å². The van der Waals surface area contributed by atoms with E-state index in [-0.39, 0.29) is 0 Å². The van der Waals surface area contributed by atoms with Crippen molar-refractivity contribution in [2.24, 2.45) is 5.10 Å². The zero-order valence-electron chi connectivity index (χ0n) is 16.1. The predicted molar refractivity (Wildman–Crippen MR) is 112 cm³/mol. The maximum atomic E-state index is 12.2. The number of hydrogen-bond acceptors (Lipinski definition) is 4. The Morgan fingerprint density at radius 3 is 2.55 bits per heavy atom. The van der Waals surface area contributed by atoms with Gasteiger partial charge in [-0.05, 0) is 47.9 Å². The molecule has 0 saturated heterocycles. The lowest BCUT2D eigenvalue weighted by molar-refractivity contribution is -0.121. The first-order valence-corrected chi connectivity index (χ1v) is 9.21. The second kappa shape index (κ2) is 9.86. The zero-order chi connectivity index (χ0) is 20.5. The molecule has 29 heavy (non-hydrogen) atoms. The molecule has 0 radical (unpaired) electrons. The Labute approximate surface area is 170 Å². The summed E-state index contributed by atoms with van der Waals surface area (Å²) in [6, 6.07) is 26.5. The van der Waals surface area contributed by atoms with Gasteiger partial charge >= 0.3 is 0 Å². The predicted octanol–water partition coefficient (Wildman–Crippen LogP) is 4.33. The van der Waals surface area contributed by atoms with Crippen LogP contribution in [0.4, 0.5) is 0 Å². The van der Waals surface area contributed by atoms with Crippen LogP contribution in [0.1, 0.15) is 28.2 Å². The van der Waals surface area contributed by atoms with Gasteiger partial charge in [0.2, 0.25) is 0 Å². The average molecular weight is 383 g/mol. The number of ether oxygens (including phenoxy) is 1. The van der Waals surface area contributed by atoms with Gasteiger partial charge in [0.25, 0.3) is 5.91 Å². The standard InChI is InChI=1S/C24H21N3O2/c1-18-6-5-7-20(14-18)17-29-22-12-10-19(11-13-22)16-26-27-24(28)23(15-25)21-8-3-2-4-9-21/h2-14,16,23H,17H2,1H3,(H,27,28)/b26-16-/t23-/m0/s1. The van der Waals surface area contributed by atoms with E-state index >= 15 is 0 Å². The second-order valence-corrected chi connectivity index (χ2v) is 6.55. The van der Waals surface area contributed by atoms with Gasteiger partial charge in [-0.3, -0.25) is 4.79 Å². The van der Waals surface area contributed by atoms with Crippen LogP contribution < -0.4 is 10.2 Å². The summed E-state index contributed by atoms with van der Waals surface area (Å²) in [4.78, 5) is 12.2. The van der Waals surface area contributed by atoms with Gasteiger partial charge < -0.3 is 4.74 Å². The number of carbonyl (C=O) groups excluding carboxylic acids is 1. The van der Waals surface area contributed by atoms with Gasteiger partial charge in [0.1, 0.15) is 12.4 Å². The number of aryl methyl sites for hydroxylation is 1. The Hall–Kier alpha value is -3.91. The van der Waals surface area contributed by atoms with Crippen molar-refractivity contribution < 1.29 is 9.53 Å². The van der Waals surface area contributed by atoms with E-state index in [0.717, 1.165) is 16.9 Å². The third-order valence-electron chi connectivity index (χ3n) is 4.28. The molecule has 3 aromatic carbocycles. The molecule has 144 valence electrons. The van der Waals surface area contributed by atoms with E-state index in [1.807, 2.05) is 48.5 Å².